The van der Waals surface area contributed by atoms with Gasteiger partial charge in [0.25, 0.3) is 0 Å². The number of anilines is 1. The smallest absolute Gasteiger partial charge is 0.218 e. The van der Waals surface area contributed by atoms with Crippen molar-refractivity contribution in [3.63, 3.8) is 0 Å². The molecule has 0 N–H and O–H groups in total. The van der Waals surface area contributed by atoms with E-state index in [-0.39, 0.29) is 0 Å². The van der Waals surface area contributed by atoms with Crippen molar-refractivity contribution in [1.82, 2.24) is 9.97 Å². The predicted molar refractivity (Wildman–Crippen MR) is 66.1 cm³/mol. The summed E-state index contributed by atoms with van der Waals surface area (Å²) in [5.41, 5.74) is 1.17. The summed E-state index contributed by atoms with van der Waals surface area (Å²) in [5, 5.41) is 2.05. The lowest BCUT2D eigenvalue weighted by atomic mass is 10.3. The molecule has 2 rings (SSSR count). The standard InChI is InChI=1S/C10H9BrFN3S/c1-15(4-7-2-8(11)16-5-7)10-3-9(12)13-6-14-10/h2-3,5-6H,4H2,1H3. The van der Waals surface area contributed by atoms with Crippen LogP contribution in [0.4, 0.5) is 10.2 Å². The lowest BCUT2D eigenvalue weighted by molar-refractivity contribution is 0.578. The molecule has 3 nitrogen and oxygen atoms in total. The Bertz CT molecular complexity index is 488. The van der Waals surface area contributed by atoms with Crippen molar-refractivity contribution in [1.29, 1.82) is 0 Å². The number of halogens is 2. The minimum Gasteiger partial charge on any atom is -0.355 e. The molecule has 0 spiro atoms. The van der Waals surface area contributed by atoms with Gasteiger partial charge in [-0.15, -0.1) is 11.3 Å². The second-order valence-electron chi connectivity index (χ2n) is 3.31. The maximum absolute atomic E-state index is 12.9. The monoisotopic (exact) mass is 301 g/mol. The van der Waals surface area contributed by atoms with Crippen LogP contribution >= 0.6 is 27.3 Å². The average molecular weight is 302 g/mol. The summed E-state index contributed by atoms with van der Waals surface area (Å²) in [6.45, 7) is 0.693. The van der Waals surface area contributed by atoms with E-state index in [9.17, 15) is 4.39 Å². The van der Waals surface area contributed by atoms with Crippen LogP contribution in [-0.2, 0) is 6.54 Å². The SMILES string of the molecule is CN(Cc1csc(Br)c1)c1cc(F)ncn1. The third kappa shape index (κ3) is 2.76. The molecule has 2 aromatic rings. The van der Waals surface area contributed by atoms with E-state index in [1.807, 2.05) is 18.0 Å². The van der Waals surface area contributed by atoms with Gasteiger partial charge >= 0.3 is 0 Å². The van der Waals surface area contributed by atoms with Gasteiger partial charge in [0.1, 0.15) is 12.1 Å². The van der Waals surface area contributed by atoms with Gasteiger partial charge in [-0.2, -0.15) is 4.39 Å². The fraction of sp³-hybridized carbons (Fsp3) is 0.200. The molecular formula is C10H9BrFN3S. The Morgan fingerprint density at radius 1 is 1.44 bits per heavy atom. The van der Waals surface area contributed by atoms with Crippen LogP contribution in [0, 0.1) is 5.95 Å². The Morgan fingerprint density at radius 3 is 2.88 bits per heavy atom. The van der Waals surface area contributed by atoms with Crippen LogP contribution in [0.15, 0.2) is 27.6 Å². The quantitative estimate of drug-likeness (QED) is 0.816. The summed E-state index contributed by atoms with van der Waals surface area (Å²) in [6.07, 6.45) is 1.23. The minimum atomic E-state index is -0.511. The van der Waals surface area contributed by atoms with Crippen molar-refractivity contribution in [2.75, 3.05) is 11.9 Å². The molecule has 0 bridgehead atoms. The molecule has 2 heterocycles. The summed E-state index contributed by atoms with van der Waals surface area (Å²) in [4.78, 5) is 9.31. The molecule has 84 valence electrons. The van der Waals surface area contributed by atoms with E-state index in [1.54, 1.807) is 11.3 Å². The average Bonchev–Trinajstić information content (AvgIpc) is 2.64. The van der Waals surface area contributed by atoms with E-state index in [1.165, 1.54) is 18.0 Å². The maximum atomic E-state index is 12.9. The van der Waals surface area contributed by atoms with E-state index < -0.39 is 5.95 Å². The third-order valence-corrected chi connectivity index (χ3v) is 3.61. The van der Waals surface area contributed by atoms with Crippen molar-refractivity contribution in [2.45, 2.75) is 6.54 Å². The second-order valence-corrected chi connectivity index (χ2v) is 5.60. The van der Waals surface area contributed by atoms with Crippen LogP contribution in [0.25, 0.3) is 0 Å². The molecule has 0 aromatic carbocycles. The minimum absolute atomic E-state index is 0.511. The molecule has 0 saturated heterocycles. The van der Waals surface area contributed by atoms with Crippen LogP contribution in [0.2, 0.25) is 0 Å². The Kier molecular flexibility index (Phi) is 3.50. The fourth-order valence-electron chi connectivity index (χ4n) is 1.32. The largest absolute Gasteiger partial charge is 0.355 e. The molecule has 0 radical (unpaired) electrons. The zero-order valence-electron chi connectivity index (χ0n) is 8.52. The maximum Gasteiger partial charge on any atom is 0.218 e. The van der Waals surface area contributed by atoms with E-state index >= 15 is 0 Å². The van der Waals surface area contributed by atoms with Gasteiger partial charge < -0.3 is 4.90 Å². The summed E-state index contributed by atoms with van der Waals surface area (Å²) in [7, 11) is 1.87. The highest BCUT2D eigenvalue weighted by atomic mass is 79.9. The van der Waals surface area contributed by atoms with Crippen molar-refractivity contribution in [2.24, 2.45) is 0 Å². The van der Waals surface area contributed by atoms with Crippen LogP contribution < -0.4 is 4.90 Å². The molecule has 0 amide bonds. The molecule has 0 fully saturated rings. The van der Waals surface area contributed by atoms with Crippen molar-refractivity contribution in [3.8, 4) is 0 Å². The van der Waals surface area contributed by atoms with Gasteiger partial charge in [-0.05, 0) is 32.9 Å². The Hall–Kier alpha value is -1.01. The highest BCUT2D eigenvalue weighted by Crippen LogP contribution is 2.22. The molecule has 6 heteroatoms. The zero-order chi connectivity index (χ0) is 11.5. The van der Waals surface area contributed by atoms with E-state index in [2.05, 4.69) is 31.3 Å². The van der Waals surface area contributed by atoms with Gasteiger partial charge in [-0.1, -0.05) is 0 Å². The van der Waals surface area contributed by atoms with E-state index in [4.69, 9.17) is 0 Å². The van der Waals surface area contributed by atoms with Gasteiger partial charge in [0.05, 0.1) is 3.79 Å². The van der Waals surface area contributed by atoms with Crippen molar-refractivity contribution < 1.29 is 4.39 Å². The summed E-state index contributed by atoms with van der Waals surface area (Å²) < 4.78 is 14.0. The van der Waals surface area contributed by atoms with Crippen LogP contribution in [0.5, 0.6) is 0 Å². The molecule has 0 atom stereocenters. The van der Waals surface area contributed by atoms with Crippen molar-refractivity contribution >= 4 is 33.1 Å². The first-order chi connectivity index (χ1) is 7.65. The third-order valence-electron chi connectivity index (χ3n) is 2.05. The van der Waals surface area contributed by atoms with Gasteiger partial charge in [0, 0.05) is 19.7 Å². The van der Waals surface area contributed by atoms with E-state index in [0.717, 1.165) is 3.79 Å². The van der Waals surface area contributed by atoms with Gasteiger partial charge in [-0.25, -0.2) is 9.97 Å². The second kappa shape index (κ2) is 4.88. The van der Waals surface area contributed by atoms with Gasteiger partial charge in [-0.3, -0.25) is 0 Å². The predicted octanol–water partition coefficient (Wildman–Crippen LogP) is 3.08. The lowest BCUT2D eigenvalue weighted by Crippen LogP contribution is -2.17. The molecule has 0 aliphatic heterocycles. The topological polar surface area (TPSA) is 29.0 Å². The molecular weight excluding hydrogens is 293 g/mol. The summed E-state index contributed by atoms with van der Waals surface area (Å²) in [6, 6.07) is 3.36. The van der Waals surface area contributed by atoms with Crippen LogP contribution in [0.3, 0.4) is 0 Å². The normalized spacial score (nSPS) is 10.4. The number of aromatic nitrogens is 2. The van der Waals surface area contributed by atoms with Crippen LogP contribution in [-0.4, -0.2) is 17.0 Å². The first-order valence-corrected chi connectivity index (χ1v) is 6.24. The number of hydrogen-bond donors (Lipinski definition) is 0. The number of rotatable bonds is 3. The molecule has 16 heavy (non-hydrogen) atoms. The highest BCUT2D eigenvalue weighted by molar-refractivity contribution is 9.11. The van der Waals surface area contributed by atoms with Gasteiger partial charge in [0.2, 0.25) is 5.95 Å². The fourth-order valence-corrected chi connectivity index (χ4v) is 2.52. The Morgan fingerprint density at radius 2 is 2.25 bits per heavy atom. The molecule has 0 unspecified atom stereocenters. The number of thiophene rings is 1. The number of nitrogens with zero attached hydrogens (tertiary/aromatic N) is 3. The summed E-state index contributed by atoms with van der Waals surface area (Å²) >= 11 is 5.03. The van der Waals surface area contributed by atoms with Gasteiger partial charge in [0.15, 0.2) is 0 Å². The summed E-state index contributed by atoms with van der Waals surface area (Å²) in [5.74, 6) is 0.0678. The van der Waals surface area contributed by atoms with Crippen molar-refractivity contribution in [3.05, 3.63) is 39.1 Å². The highest BCUT2D eigenvalue weighted by Gasteiger charge is 2.06. The molecule has 0 saturated carbocycles. The lowest BCUT2D eigenvalue weighted by Gasteiger charge is -2.16. The molecule has 2 aromatic heterocycles. The van der Waals surface area contributed by atoms with Crippen LogP contribution in [0.1, 0.15) is 5.56 Å². The Labute approximate surface area is 105 Å². The van der Waals surface area contributed by atoms with E-state index in [0.29, 0.717) is 12.4 Å². The molecule has 0 aliphatic rings. The Balaban J connectivity index is 2.11. The zero-order valence-corrected chi connectivity index (χ0v) is 10.9. The first-order valence-electron chi connectivity index (χ1n) is 4.57. The molecule has 0 aliphatic carbocycles. The first kappa shape index (κ1) is 11.5. The number of hydrogen-bond acceptors (Lipinski definition) is 4.